The van der Waals surface area contributed by atoms with Gasteiger partial charge in [-0.15, -0.1) is 23.5 Å². The predicted molar refractivity (Wildman–Crippen MR) is 79.7 cm³/mol. The third kappa shape index (κ3) is 3.26. The number of hydrogen-bond donors (Lipinski definition) is 0. The summed E-state index contributed by atoms with van der Waals surface area (Å²) in [5, 5.41) is 1.19. The van der Waals surface area contributed by atoms with Gasteiger partial charge in [0.1, 0.15) is 0 Å². The van der Waals surface area contributed by atoms with Crippen molar-refractivity contribution in [3.05, 3.63) is 54.1 Å². The van der Waals surface area contributed by atoms with Gasteiger partial charge in [-0.2, -0.15) is 4.89 Å². The highest BCUT2D eigenvalue weighted by Crippen LogP contribution is 2.40. The van der Waals surface area contributed by atoms with Crippen molar-refractivity contribution < 1.29 is 9.78 Å². The molecule has 0 spiro atoms. The van der Waals surface area contributed by atoms with Crippen LogP contribution in [0.5, 0.6) is 5.75 Å². The fourth-order valence-corrected chi connectivity index (χ4v) is 4.27. The molecule has 2 aliphatic rings. The molecule has 0 saturated carbocycles. The lowest BCUT2D eigenvalue weighted by Crippen LogP contribution is -2.10. The first-order valence-electron chi connectivity index (χ1n) is 6.15. The highest BCUT2D eigenvalue weighted by molar-refractivity contribution is 8.18. The van der Waals surface area contributed by atoms with Gasteiger partial charge in [0.05, 0.1) is 6.61 Å². The lowest BCUT2D eigenvalue weighted by Gasteiger charge is -2.14. The summed E-state index contributed by atoms with van der Waals surface area (Å²) in [6.45, 7) is 0.664. The van der Waals surface area contributed by atoms with Gasteiger partial charge in [-0.05, 0) is 18.2 Å². The number of benzene rings is 2. The summed E-state index contributed by atoms with van der Waals surface area (Å²) in [7, 11) is 0. The zero-order chi connectivity index (χ0) is 12.9. The SMILES string of the molecule is c1ccc2c(c1)CCOO2.c1ccc2c(c1)SCS2. The second kappa shape index (κ2) is 6.37. The van der Waals surface area contributed by atoms with Gasteiger partial charge in [-0.3, -0.25) is 0 Å². The number of hydrogen-bond acceptors (Lipinski definition) is 4. The van der Waals surface area contributed by atoms with Gasteiger partial charge >= 0.3 is 0 Å². The Bertz CT molecular complexity index is 509. The third-order valence-electron chi connectivity index (χ3n) is 2.85. The average Bonchev–Trinajstić information content (AvgIpc) is 2.96. The van der Waals surface area contributed by atoms with Crippen molar-refractivity contribution >= 4 is 23.5 Å². The second-order valence-electron chi connectivity index (χ2n) is 4.12. The van der Waals surface area contributed by atoms with Gasteiger partial charge in [0.15, 0.2) is 5.75 Å². The van der Waals surface area contributed by atoms with E-state index < -0.39 is 0 Å². The normalized spacial score (nSPS) is 15.6. The quantitative estimate of drug-likeness (QED) is 0.669. The minimum absolute atomic E-state index is 0.664. The fourth-order valence-electron chi connectivity index (χ4n) is 1.89. The van der Waals surface area contributed by atoms with E-state index in [1.807, 2.05) is 41.7 Å². The molecule has 0 N–H and O–H groups in total. The molecule has 0 fully saturated rings. The van der Waals surface area contributed by atoms with Gasteiger partial charge in [-0.25, -0.2) is 0 Å². The Morgan fingerprint density at radius 1 is 0.842 bits per heavy atom. The zero-order valence-electron chi connectivity index (χ0n) is 10.4. The van der Waals surface area contributed by atoms with Crippen LogP contribution in [-0.4, -0.2) is 11.7 Å². The van der Waals surface area contributed by atoms with E-state index >= 15 is 0 Å². The van der Waals surface area contributed by atoms with Crippen molar-refractivity contribution in [2.24, 2.45) is 0 Å². The van der Waals surface area contributed by atoms with Crippen LogP contribution in [0.25, 0.3) is 0 Å². The Morgan fingerprint density at radius 3 is 2.26 bits per heavy atom. The summed E-state index contributed by atoms with van der Waals surface area (Å²) in [6.07, 6.45) is 0.955. The fraction of sp³-hybridized carbons (Fsp3) is 0.200. The van der Waals surface area contributed by atoms with Crippen LogP contribution in [-0.2, 0) is 11.3 Å². The largest absolute Gasteiger partial charge is 0.337 e. The zero-order valence-corrected chi connectivity index (χ0v) is 12.0. The van der Waals surface area contributed by atoms with Gasteiger partial charge in [0.25, 0.3) is 0 Å². The summed E-state index contributed by atoms with van der Waals surface area (Å²) in [5.41, 5.74) is 1.23. The van der Waals surface area contributed by atoms with Crippen molar-refractivity contribution in [3.63, 3.8) is 0 Å². The molecule has 2 aromatic rings. The number of fused-ring (bicyclic) bond motifs is 2. The molecule has 0 radical (unpaired) electrons. The maximum absolute atomic E-state index is 4.92. The van der Waals surface area contributed by atoms with Crippen molar-refractivity contribution in [2.45, 2.75) is 16.2 Å². The van der Waals surface area contributed by atoms with E-state index in [1.165, 1.54) is 20.4 Å². The van der Waals surface area contributed by atoms with Crippen LogP contribution in [0, 0.1) is 0 Å². The Kier molecular flexibility index (Phi) is 4.33. The molecule has 2 aromatic carbocycles. The highest BCUT2D eigenvalue weighted by atomic mass is 32.2. The topological polar surface area (TPSA) is 18.5 Å². The molecule has 98 valence electrons. The minimum Gasteiger partial charge on any atom is -0.337 e. The van der Waals surface area contributed by atoms with Crippen LogP contribution < -0.4 is 4.89 Å². The van der Waals surface area contributed by atoms with Crippen molar-refractivity contribution in [1.29, 1.82) is 0 Å². The lowest BCUT2D eigenvalue weighted by atomic mass is 10.1. The molecule has 0 amide bonds. The first-order chi connectivity index (χ1) is 9.43. The molecular formula is C15H14O2S2. The Morgan fingerprint density at radius 2 is 1.53 bits per heavy atom. The van der Waals surface area contributed by atoms with Crippen molar-refractivity contribution in [2.75, 3.05) is 11.7 Å². The van der Waals surface area contributed by atoms with E-state index in [-0.39, 0.29) is 0 Å². The maximum atomic E-state index is 4.92. The molecule has 4 heteroatoms. The molecule has 19 heavy (non-hydrogen) atoms. The van der Waals surface area contributed by atoms with E-state index in [1.54, 1.807) is 0 Å². The van der Waals surface area contributed by atoms with Crippen molar-refractivity contribution in [1.82, 2.24) is 0 Å². The van der Waals surface area contributed by atoms with Gasteiger partial charge in [0.2, 0.25) is 0 Å². The molecular weight excluding hydrogens is 276 g/mol. The van der Waals surface area contributed by atoms with E-state index in [4.69, 9.17) is 9.78 Å². The standard InChI is InChI=1S/C8H8O2.C7H6S2/c1-2-4-8-7(3-1)5-6-9-10-8;1-2-4-7-6(3-1)8-5-9-7/h1-4H,5-6H2;1-4H,5H2. The molecule has 2 aliphatic heterocycles. The van der Waals surface area contributed by atoms with Gasteiger partial charge < -0.3 is 4.89 Å². The first kappa shape index (κ1) is 12.9. The Balaban J connectivity index is 0.000000117. The van der Waals surface area contributed by atoms with Crippen LogP contribution in [0.15, 0.2) is 58.3 Å². The summed E-state index contributed by atoms with van der Waals surface area (Å²) in [6, 6.07) is 16.5. The molecule has 0 aromatic heterocycles. The molecule has 2 nitrogen and oxygen atoms in total. The van der Waals surface area contributed by atoms with Crippen LogP contribution in [0.3, 0.4) is 0 Å². The van der Waals surface area contributed by atoms with Crippen LogP contribution >= 0.6 is 23.5 Å². The van der Waals surface area contributed by atoms with Crippen LogP contribution in [0.4, 0.5) is 0 Å². The highest BCUT2D eigenvalue weighted by Gasteiger charge is 2.09. The third-order valence-corrected chi connectivity index (χ3v) is 5.26. The van der Waals surface area contributed by atoms with Gasteiger partial charge in [0, 0.05) is 26.9 Å². The molecule has 0 saturated heterocycles. The number of thioether (sulfide) groups is 2. The maximum Gasteiger partial charge on any atom is 0.168 e. The smallest absolute Gasteiger partial charge is 0.168 e. The molecule has 0 unspecified atom stereocenters. The van der Waals surface area contributed by atoms with Crippen molar-refractivity contribution in [3.8, 4) is 5.75 Å². The summed E-state index contributed by atoms with van der Waals surface area (Å²) < 4.78 is 0. The minimum atomic E-state index is 0.664. The lowest BCUT2D eigenvalue weighted by molar-refractivity contribution is -0.215. The van der Waals surface area contributed by atoms with Gasteiger partial charge in [-0.1, -0.05) is 30.3 Å². The van der Waals surface area contributed by atoms with E-state index in [0.29, 0.717) is 6.61 Å². The Labute approximate surface area is 121 Å². The number of para-hydroxylation sites is 1. The first-order valence-corrected chi connectivity index (χ1v) is 8.12. The summed E-state index contributed by atoms with van der Waals surface area (Å²) in [5.74, 6) is 0.855. The predicted octanol–water partition coefficient (Wildman–Crippen LogP) is 4.40. The second-order valence-corrected chi connectivity index (χ2v) is 6.52. The number of rotatable bonds is 0. The Hall–Kier alpha value is -1.10. The van der Waals surface area contributed by atoms with E-state index in [9.17, 15) is 0 Å². The van der Waals surface area contributed by atoms with Crippen LogP contribution in [0.2, 0.25) is 0 Å². The molecule has 0 aliphatic carbocycles. The summed E-state index contributed by atoms with van der Waals surface area (Å²) >= 11 is 3.86. The summed E-state index contributed by atoms with van der Waals surface area (Å²) in [4.78, 5) is 12.6. The van der Waals surface area contributed by atoms with Crippen LogP contribution in [0.1, 0.15) is 5.56 Å². The monoisotopic (exact) mass is 290 g/mol. The van der Waals surface area contributed by atoms with E-state index in [0.717, 1.165) is 12.2 Å². The molecule has 4 rings (SSSR count). The van der Waals surface area contributed by atoms with E-state index in [2.05, 4.69) is 30.3 Å². The molecule has 0 bridgehead atoms. The molecule has 2 heterocycles. The average molecular weight is 290 g/mol. The molecule has 0 atom stereocenters.